The molecule has 0 unspecified atom stereocenters. The number of nitrogens with zero attached hydrogens (tertiary/aromatic N) is 2. The van der Waals surface area contributed by atoms with Crippen molar-refractivity contribution >= 4 is 5.96 Å². The molecule has 1 aliphatic heterocycles. The second-order valence-electron chi connectivity index (χ2n) is 5.12. The van der Waals surface area contributed by atoms with Crippen LogP contribution >= 0.6 is 0 Å². The van der Waals surface area contributed by atoms with E-state index in [4.69, 9.17) is 10.5 Å². The fourth-order valence-corrected chi connectivity index (χ4v) is 2.50. The van der Waals surface area contributed by atoms with Crippen LogP contribution in [0.1, 0.15) is 38.2 Å². The van der Waals surface area contributed by atoms with Crippen molar-refractivity contribution in [2.75, 3.05) is 19.7 Å². The summed E-state index contributed by atoms with van der Waals surface area (Å²) in [7, 11) is 0. The number of hydrogen-bond donors (Lipinski definition) is 1. The molecule has 0 aromatic heterocycles. The largest absolute Gasteiger partial charge is 0.494 e. The zero-order valence-electron chi connectivity index (χ0n) is 12.3. The second-order valence-corrected chi connectivity index (χ2v) is 5.12. The van der Waals surface area contributed by atoms with Crippen LogP contribution < -0.4 is 10.5 Å². The summed E-state index contributed by atoms with van der Waals surface area (Å²) in [6.07, 6.45) is 5.03. The number of guanidine groups is 1. The molecule has 0 radical (unpaired) electrons. The molecular formula is C16H25N3O. The van der Waals surface area contributed by atoms with Crippen LogP contribution in [0.5, 0.6) is 5.75 Å². The summed E-state index contributed by atoms with van der Waals surface area (Å²) in [5.41, 5.74) is 7.21. The van der Waals surface area contributed by atoms with Crippen LogP contribution in [0.15, 0.2) is 29.3 Å². The maximum Gasteiger partial charge on any atom is 0.191 e. The molecule has 20 heavy (non-hydrogen) atoms. The number of rotatable bonds is 4. The molecule has 0 aliphatic carbocycles. The third-order valence-corrected chi connectivity index (χ3v) is 3.61. The highest BCUT2D eigenvalue weighted by molar-refractivity contribution is 5.78. The van der Waals surface area contributed by atoms with Gasteiger partial charge in [-0.05, 0) is 25.8 Å². The molecule has 1 aromatic carbocycles. The van der Waals surface area contributed by atoms with E-state index in [2.05, 4.69) is 9.89 Å². The molecule has 4 heteroatoms. The van der Waals surface area contributed by atoms with Crippen molar-refractivity contribution in [2.24, 2.45) is 10.7 Å². The number of benzene rings is 1. The molecule has 4 nitrogen and oxygen atoms in total. The lowest BCUT2D eigenvalue weighted by atomic mass is 10.2. The van der Waals surface area contributed by atoms with Gasteiger partial charge in [0.05, 0.1) is 13.2 Å². The highest BCUT2D eigenvalue weighted by atomic mass is 16.5. The van der Waals surface area contributed by atoms with Gasteiger partial charge in [0.15, 0.2) is 5.96 Å². The van der Waals surface area contributed by atoms with Crippen LogP contribution in [0.3, 0.4) is 0 Å². The Morgan fingerprint density at radius 1 is 1.20 bits per heavy atom. The van der Waals surface area contributed by atoms with Gasteiger partial charge in [-0.15, -0.1) is 0 Å². The molecule has 2 rings (SSSR count). The predicted octanol–water partition coefficient (Wildman–Crippen LogP) is 2.78. The normalized spacial score (nSPS) is 16.9. The quantitative estimate of drug-likeness (QED) is 0.679. The van der Waals surface area contributed by atoms with Gasteiger partial charge in [-0.25, -0.2) is 4.99 Å². The molecule has 1 aromatic rings. The fourth-order valence-electron chi connectivity index (χ4n) is 2.50. The summed E-state index contributed by atoms with van der Waals surface area (Å²) in [6.45, 7) is 5.30. The smallest absolute Gasteiger partial charge is 0.191 e. The zero-order valence-corrected chi connectivity index (χ0v) is 12.3. The Bertz CT molecular complexity index is 437. The number of hydrogen-bond acceptors (Lipinski definition) is 2. The monoisotopic (exact) mass is 275 g/mol. The van der Waals surface area contributed by atoms with E-state index in [9.17, 15) is 0 Å². The van der Waals surface area contributed by atoms with E-state index in [1.807, 2.05) is 31.2 Å². The second kappa shape index (κ2) is 7.78. The lowest BCUT2D eigenvalue weighted by Crippen LogP contribution is -2.38. The SMILES string of the molecule is CCOc1ccccc1CN=C(N)N1CCCCCC1. The Kier molecular flexibility index (Phi) is 5.71. The molecule has 0 saturated carbocycles. The lowest BCUT2D eigenvalue weighted by molar-refractivity contribution is 0.336. The molecule has 0 spiro atoms. The standard InChI is InChI=1S/C16H25N3O/c1-2-20-15-10-6-5-9-14(15)13-18-16(17)19-11-7-3-4-8-12-19/h5-6,9-10H,2-4,7-8,11-13H2,1H3,(H2,17,18). The van der Waals surface area contributed by atoms with Crippen molar-refractivity contribution in [3.8, 4) is 5.75 Å². The molecule has 0 atom stereocenters. The molecule has 1 fully saturated rings. The number of nitrogens with two attached hydrogens (primary N) is 1. The van der Waals surface area contributed by atoms with Crippen LogP contribution in [-0.4, -0.2) is 30.6 Å². The molecule has 0 bridgehead atoms. The third kappa shape index (κ3) is 4.15. The van der Waals surface area contributed by atoms with Gasteiger partial charge >= 0.3 is 0 Å². The summed E-state index contributed by atoms with van der Waals surface area (Å²) in [4.78, 5) is 6.75. The minimum Gasteiger partial charge on any atom is -0.494 e. The number of aliphatic imine (C=N–C) groups is 1. The Morgan fingerprint density at radius 2 is 1.90 bits per heavy atom. The number of likely N-dealkylation sites (tertiary alicyclic amines) is 1. The van der Waals surface area contributed by atoms with E-state index in [0.717, 1.165) is 24.4 Å². The molecule has 1 heterocycles. The molecule has 1 saturated heterocycles. The minimum absolute atomic E-state index is 0.582. The van der Waals surface area contributed by atoms with Gasteiger partial charge in [0.25, 0.3) is 0 Å². The predicted molar refractivity (Wildman–Crippen MR) is 83.0 cm³/mol. The third-order valence-electron chi connectivity index (χ3n) is 3.61. The first kappa shape index (κ1) is 14.7. The first-order valence-electron chi connectivity index (χ1n) is 7.57. The summed E-state index contributed by atoms with van der Waals surface area (Å²) >= 11 is 0. The van der Waals surface area contributed by atoms with Gasteiger partial charge in [-0.2, -0.15) is 0 Å². The Balaban J connectivity index is 2.00. The van der Waals surface area contributed by atoms with Gasteiger partial charge < -0.3 is 15.4 Å². The van der Waals surface area contributed by atoms with Gasteiger partial charge in [-0.3, -0.25) is 0 Å². The van der Waals surface area contributed by atoms with Crippen LogP contribution in [0.4, 0.5) is 0 Å². The average Bonchev–Trinajstić information content (AvgIpc) is 2.75. The van der Waals surface area contributed by atoms with E-state index < -0.39 is 0 Å². The van der Waals surface area contributed by atoms with Crippen molar-refractivity contribution in [2.45, 2.75) is 39.2 Å². The van der Waals surface area contributed by atoms with Crippen molar-refractivity contribution in [1.82, 2.24) is 4.90 Å². The Morgan fingerprint density at radius 3 is 2.60 bits per heavy atom. The molecular weight excluding hydrogens is 250 g/mol. The van der Waals surface area contributed by atoms with Gasteiger partial charge in [0.2, 0.25) is 0 Å². The van der Waals surface area contributed by atoms with Crippen LogP contribution in [0, 0.1) is 0 Å². The Hall–Kier alpha value is -1.71. The van der Waals surface area contributed by atoms with Crippen molar-refractivity contribution < 1.29 is 4.74 Å². The summed E-state index contributed by atoms with van der Waals surface area (Å²) in [5, 5.41) is 0. The van der Waals surface area contributed by atoms with Crippen molar-refractivity contribution in [1.29, 1.82) is 0 Å². The molecule has 1 aliphatic rings. The lowest BCUT2D eigenvalue weighted by Gasteiger charge is -2.21. The number of para-hydroxylation sites is 1. The van der Waals surface area contributed by atoms with E-state index in [1.165, 1.54) is 25.7 Å². The topological polar surface area (TPSA) is 50.9 Å². The van der Waals surface area contributed by atoms with E-state index in [1.54, 1.807) is 0 Å². The highest BCUT2D eigenvalue weighted by Crippen LogP contribution is 2.19. The van der Waals surface area contributed by atoms with Crippen LogP contribution in [-0.2, 0) is 6.54 Å². The first-order valence-corrected chi connectivity index (χ1v) is 7.57. The molecule has 110 valence electrons. The van der Waals surface area contributed by atoms with Crippen LogP contribution in [0.25, 0.3) is 0 Å². The molecule has 2 N–H and O–H groups in total. The zero-order chi connectivity index (χ0) is 14.2. The van der Waals surface area contributed by atoms with Crippen LogP contribution in [0.2, 0.25) is 0 Å². The first-order chi connectivity index (χ1) is 9.81. The summed E-state index contributed by atoms with van der Waals surface area (Å²) in [6, 6.07) is 8.02. The van der Waals surface area contributed by atoms with E-state index in [0.29, 0.717) is 19.1 Å². The maximum absolute atomic E-state index is 6.12. The Labute approximate surface area is 121 Å². The van der Waals surface area contributed by atoms with Crippen molar-refractivity contribution in [3.63, 3.8) is 0 Å². The van der Waals surface area contributed by atoms with Gasteiger partial charge in [0.1, 0.15) is 5.75 Å². The minimum atomic E-state index is 0.582. The number of ether oxygens (including phenoxy) is 1. The van der Waals surface area contributed by atoms with Gasteiger partial charge in [-0.1, -0.05) is 31.0 Å². The molecule has 0 amide bonds. The highest BCUT2D eigenvalue weighted by Gasteiger charge is 2.11. The maximum atomic E-state index is 6.12. The van der Waals surface area contributed by atoms with Crippen molar-refractivity contribution in [3.05, 3.63) is 29.8 Å². The summed E-state index contributed by atoms with van der Waals surface area (Å²) in [5.74, 6) is 1.57. The van der Waals surface area contributed by atoms with Gasteiger partial charge in [0, 0.05) is 18.7 Å². The average molecular weight is 275 g/mol. The van der Waals surface area contributed by atoms with E-state index >= 15 is 0 Å². The summed E-state index contributed by atoms with van der Waals surface area (Å²) < 4.78 is 5.61. The van der Waals surface area contributed by atoms with E-state index in [-0.39, 0.29) is 0 Å². The fraction of sp³-hybridized carbons (Fsp3) is 0.562.